The van der Waals surface area contributed by atoms with Crippen LogP contribution in [0, 0.1) is 0 Å². The van der Waals surface area contributed by atoms with Crippen molar-refractivity contribution < 1.29 is 56.7 Å². The van der Waals surface area contributed by atoms with Gasteiger partial charge in [-0.1, -0.05) is 104 Å². The number of carbonyl (C=O) groups is 2. The standard InChI is InChI=1S/C22H28N2.2C12H16O4.Ni/c1-3-5-17-21(23-19-13-9-7-10-14-19)22(18-6-4-2)24-20-15-11-8-12-16-20;2*1-3-5-8-7(4-2)6-9(13)11(14)10(8)12(15)16;/h7-16H,3-6,17-18H2,1-2H3;2*6,13-14H,3-5H2,1-2H3,(H,15,16);/q;;;+2/p-2. The molecule has 0 bridgehead atoms. The Balaban J connectivity index is 0.000000438. The van der Waals surface area contributed by atoms with E-state index in [0.717, 1.165) is 72.4 Å². The SMILES string of the molecule is CCCCC(=Nc1ccccc1)C(CCCC)=Nc1ccccc1.CCCc1c(CC)cc(O)c(O)c1C(=O)[O-].CCCc1c(CC)cc(O)c(O)c1C(=O)[O-].[Ni+2]. The number of benzene rings is 4. The molecule has 0 aromatic heterocycles. The van der Waals surface area contributed by atoms with E-state index < -0.39 is 34.9 Å². The quantitative estimate of drug-likeness (QED) is 0.0462. The van der Waals surface area contributed by atoms with E-state index in [2.05, 4.69) is 38.1 Å². The van der Waals surface area contributed by atoms with Crippen molar-refractivity contribution in [2.75, 3.05) is 0 Å². The van der Waals surface area contributed by atoms with Crippen molar-refractivity contribution in [2.45, 2.75) is 119 Å². The van der Waals surface area contributed by atoms with Crippen LogP contribution in [0.4, 0.5) is 11.4 Å². The molecule has 0 fully saturated rings. The molecule has 0 aliphatic carbocycles. The molecule has 10 nitrogen and oxygen atoms in total. The maximum atomic E-state index is 11.0. The summed E-state index contributed by atoms with van der Waals surface area (Å²) < 4.78 is 0. The van der Waals surface area contributed by atoms with Gasteiger partial charge in [-0.25, -0.2) is 0 Å². The van der Waals surface area contributed by atoms with E-state index in [9.17, 15) is 40.2 Å². The minimum Gasteiger partial charge on any atom is -0.545 e. The fraction of sp³-hybridized carbons (Fsp3) is 0.391. The number of carboxylic acids is 2. The molecule has 0 atom stereocenters. The second-order valence-corrected chi connectivity index (χ2v) is 13.3. The molecule has 0 amide bonds. The van der Waals surface area contributed by atoms with E-state index in [0.29, 0.717) is 36.8 Å². The predicted octanol–water partition coefficient (Wildman–Crippen LogP) is 8.86. The summed E-state index contributed by atoms with van der Waals surface area (Å²) >= 11 is 0. The predicted molar refractivity (Wildman–Crippen MR) is 221 cm³/mol. The topological polar surface area (TPSA) is 186 Å². The van der Waals surface area contributed by atoms with Gasteiger partial charge >= 0.3 is 16.5 Å². The van der Waals surface area contributed by atoms with Crippen LogP contribution in [0.15, 0.2) is 82.8 Å². The van der Waals surface area contributed by atoms with Gasteiger partial charge in [0.2, 0.25) is 0 Å². The molecule has 0 spiro atoms. The Bertz CT molecular complexity index is 1770. The zero-order chi connectivity index (χ0) is 41.6. The van der Waals surface area contributed by atoms with E-state index >= 15 is 0 Å². The summed E-state index contributed by atoms with van der Waals surface area (Å²) in [6, 6.07) is 23.3. The van der Waals surface area contributed by atoms with Crippen LogP contribution >= 0.6 is 0 Å². The third-order valence-corrected chi connectivity index (χ3v) is 9.04. The number of phenols is 4. The van der Waals surface area contributed by atoms with Gasteiger partial charge in [-0.3, -0.25) is 9.98 Å². The van der Waals surface area contributed by atoms with Crippen LogP contribution in [0.5, 0.6) is 23.0 Å². The van der Waals surface area contributed by atoms with Gasteiger partial charge < -0.3 is 40.2 Å². The number of hydrogen-bond donors (Lipinski definition) is 4. The Morgan fingerprint density at radius 3 is 1.14 bits per heavy atom. The Morgan fingerprint density at radius 1 is 0.544 bits per heavy atom. The van der Waals surface area contributed by atoms with Crippen molar-refractivity contribution in [1.82, 2.24) is 0 Å². The molecule has 4 rings (SSSR count). The van der Waals surface area contributed by atoms with Crippen molar-refractivity contribution in [3.63, 3.8) is 0 Å². The average Bonchev–Trinajstić information content (AvgIpc) is 3.19. The Kier molecular flexibility index (Phi) is 23.3. The van der Waals surface area contributed by atoms with Gasteiger partial charge in [-0.15, -0.1) is 0 Å². The normalized spacial score (nSPS) is 11.1. The van der Waals surface area contributed by atoms with E-state index in [-0.39, 0.29) is 27.6 Å². The molecular formula is C46H58N2NiO8. The number of aromatic hydroxyl groups is 4. The van der Waals surface area contributed by atoms with Gasteiger partial charge in [0.15, 0.2) is 23.0 Å². The number of rotatable bonds is 17. The first-order chi connectivity index (χ1) is 26.9. The molecule has 0 saturated heterocycles. The fourth-order valence-electron chi connectivity index (χ4n) is 6.18. The van der Waals surface area contributed by atoms with Crippen molar-refractivity contribution in [2.24, 2.45) is 9.98 Å². The zero-order valence-electron chi connectivity index (χ0n) is 34.0. The average molecular weight is 826 g/mol. The number of hydrogen-bond acceptors (Lipinski definition) is 10. The van der Waals surface area contributed by atoms with Gasteiger partial charge in [0.25, 0.3) is 0 Å². The summed E-state index contributed by atoms with van der Waals surface area (Å²) in [5, 5.41) is 59.8. The number of aliphatic imine (C=N–C) groups is 2. The molecule has 310 valence electrons. The summed E-state index contributed by atoms with van der Waals surface area (Å²) in [4.78, 5) is 31.8. The molecule has 0 radical (unpaired) electrons. The number of carboxylic acid groups (broad SMARTS) is 2. The van der Waals surface area contributed by atoms with E-state index in [1.807, 2.05) is 64.1 Å². The van der Waals surface area contributed by atoms with Crippen LogP contribution in [0.3, 0.4) is 0 Å². The largest absolute Gasteiger partial charge is 2.00 e. The van der Waals surface area contributed by atoms with Gasteiger partial charge in [0, 0.05) is 11.1 Å². The summed E-state index contributed by atoms with van der Waals surface area (Å²) in [6.45, 7) is 12.0. The van der Waals surface area contributed by atoms with E-state index in [4.69, 9.17) is 9.98 Å². The van der Waals surface area contributed by atoms with Gasteiger partial charge in [-0.05, 0) is 110 Å². The second-order valence-electron chi connectivity index (χ2n) is 13.3. The van der Waals surface area contributed by atoms with Crippen LogP contribution < -0.4 is 10.2 Å². The van der Waals surface area contributed by atoms with Crippen LogP contribution in [0.2, 0.25) is 0 Å². The van der Waals surface area contributed by atoms with E-state index in [1.54, 1.807) is 0 Å². The van der Waals surface area contributed by atoms with Crippen molar-refractivity contribution in [3.05, 3.63) is 106 Å². The molecule has 11 heteroatoms. The Morgan fingerprint density at radius 2 is 0.877 bits per heavy atom. The second kappa shape index (κ2) is 26.7. The number of phenolic OH excluding ortho intramolecular Hbond substituents is 2. The van der Waals surface area contributed by atoms with Crippen LogP contribution in [0.25, 0.3) is 0 Å². The minimum absolute atomic E-state index is 0. The maximum Gasteiger partial charge on any atom is 2.00 e. The molecule has 0 aliphatic heterocycles. The molecule has 0 saturated carbocycles. The first kappa shape index (κ1) is 49.9. The summed E-state index contributed by atoms with van der Waals surface area (Å²) in [5.41, 5.74) is 6.33. The van der Waals surface area contributed by atoms with Crippen molar-refractivity contribution >= 4 is 34.7 Å². The fourth-order valence-corrected chi connectivity index (χ4v) is 6.18. The number of para-hydroxylation sites is 2. The molecule has 4 aromatic rings. The number of aromatic carboxylic acids is 2. The van der Waals surface area contributed by atoms with Crippen LogP contribution in [-0.2, 0) is 42.2 Å². The number of unbranched alkanes of at least 4 members (excludes halogenated alkanes) is 2. The molecule has 0 unspecified atom stereocenters. The van der Waals surface area contributed by atoms with Crippen molar-refractivity contribution in [3.8, 4) is 23.0 Å². The molecule has 0 aliphatic rings. The Hall–Kier alpha value is -5.15. The first-order valence-electron chi connectivity index (χ1n) is 19.7. The van der Waals surface area contributed by atoms with E-state index in [1.165, 1.54) is 25.0 Å². The molecule has 4 aromatic carbocycles. The Labute approximate surface area is 348 Å². The number of carbonyl (C=O) groups excluding carboxylic acids is 2. The van der Waals surface area contributed by atoms with Gasteiger partial charge in [0.1, 0.15) is 0 Å². The number of nitrogens with zero attached hydrogens (tertiary/aromatic N) is 2. The summed E-state index contributed by atoms with van der Waals surface area (Å²) in [5.74, 6) is -4.91. The molecule has 0 heterocycles. The van der Waals surface area contributed by atoms with Gasteiger partial charge in [0.05, 0.1) is 34.7 Å². The first-order valence-corrected chi connectivity index (χ1v) is 19.7. The summed E-state index contributed by atoms with van der Waals surface area (Å²) in [7, 11) is 0. The zero-order valence-corrected chi connectivity index (χ0v) is 35.0. The molecule has 57 heavy (non-hydrogen) atoms. The monoisotopic (exact) mass is 824 g/mol. The maximum absolute atomic E-state index is 11.0. The third-order valence-electron chi connectivity index (χ3n) is 9.04. The number of aryl methyl sites for hydroxylation is 2. The summed E-state index contributed by atoms with van der Waals surface area (Å²) in [6.07, 6.45) is 10.4. The van der Waals surface area contributed by atoms with Crippen molar-refractivity contribution in [1.29, 1.82) is 0 Å². The minimum atomic E-state index is -1.45. The van der Waals surface area contributed by atoms with Gasteiger partial charge in [-0.2, -0.15) is 0 Å². The molecule has 4 N–H and O–H groups in total. The van der Waals surface area contributed by atoms with Crippen LogP contribution in [-0.4, -0.2) is 43.8 Å². The third kappa shape index (κ3) is 15.4. The smallest absolute Gasteiger partial charge is 0.545 e. The van der Waals surface area contributed by atoms with Crippen LogP contribution in [0.1, 0.15) is 136 Å². The molecular weight excluding hydrogens is 767 g/mol.